The van der Waals surface area contributed by atoms with E-state index in [1.807, 2.05) is 24.6 Å². The van der Waals surface area contributed by atoms with Gasteiger partial charge in [0.1, 0.15) is 23.3 Å². The lowest BCUT2D eigenvalue weighted by Gasteiger charge is -2.11. The fourth-order valence-electron chi connectivity index (χ4n) is 1.81. The van der Waals surface area contributed by atoms with E-state index in [4.69, 9.17) is 5.73 Å². The minimum absolute atomic E-state index is 0.531. The maximum absolute atomic E-state index is 5.87. The van der Waals surface area contributed by atoms with Crippen LogP contribution in [0.2, 0.25) is 0 Å². The fourth-order valence-corrected chi connectivity index (χ4v) is 1.81. The lowest BCUT2D eigenvalue weighted by Crippen LogP contribution is -2.09. The van der Waals surface area contributed by atoms with Crippen molar-refractivity contribution in [2.75, 3.05) is 5.73 Å². The van der Waals surface area contributed by atoms with Crippen LogP contribution in [0.3, 0.4) is 0 Å². The van der Waals surface area contributed by atoms with Crippen molar-refractivity contribution in [2.24, 2.45) is 0 Å². The Bertz CT molecular complexity index is 530. The molecule has 2 N–H and O–H groups in total. The van der Waals surface area contributed by atoms with Gasteiger partial charge in [0.15, 0.2) is 0 Å². The van der Waals surface area contributed by atoms with Crippen LogP contribution in [0.15, 0.2) is 12.4 Å². The Kier molecular flexibility index (Phi) is 3.08. The second kappa shape index (κ2) is 4.53. The van der Waals surface area contributed by atoms with Gasteiger partial charge in [0, 0.05) is 24.4 Å². The van der Waals surface area contributed by atoms with E-state index in [9.17, 15) is 0 Å². The minimum Gasteiger partial charge on any atom is -0.383 e. The first-order chi connectivity index (χ1) is 8.13. The highest BCUT2D eigenvalue weighted by Crippen LogP contribution is 2.18. The molecule has 2 aromatic heterocycles. The van der Waals surface area contributed by atoms with Gasteiger partial charge in [-0.2, -0.15) is 0 Å². The standard InChI is InChI=1S/C12H17N5/c1-4-5-10-14-6-7-17(10)12-8(2)11(13)15-9(3)16-12/h6-7H,4-5H2,1-3H3,(H2,13,15,16). The van der Waals surface area contributed by atoms with Crippen molar-refractivity contribution >= 4 is 5.82 Å². The molecule has 0 bridgehead atoms. The van der Waals surface area contributed by atoms with Crippen molar-refractivity contribution < 1.29 is 0 Å². The summed E-state index contributed by atoms with van der Waals surface area (Å²) >= 11 is 0. The maximum Gasteiger partial charge on any atom is 0.146 e. The van der Waals surface area contributed by atoms with Crippen LogP contribution in [0.25, 0.3) is 5.82 Å². The van der Waals surface area contributed by atoms with Crippen LogP contribution >= 0.6 is 0 Å². The SMILES string of the molecule is CCCc1nccn1-c1nc(C)nc(N)c1C. The Morgan fingerprint density at radius 3 is 2.76 bits per heavy atom. The second-order valence-electron chi connectivity index (χ2n) is 4.07. The average molecular weight is 231 g/mol. The Labute approximate surface area is 101 Å². The lowest BCUT2D eigenvalue weighted by molar-refractivity contribution is 0.788. The van der Waals surface area contributed by atoms with Crippen LogP contribution in [0.5, 0.6) is 0 Å². The van der Waals surface area contributed by atoms with Gasteiger partial charge in [0.2, 0.25) is 0 Å². The summed E-state index contributed by atoms with van der Waals surface area (Å²) in [5.41, 5.74) is 6.76. The second-order valence-corrected chi connectivity index (χ2v) is 4.07. The van der Waals surface area contributed by atoms with Crippen molar-refractivity contribution in [3.8, 4) is 5.82 Å². The van der Waals surface area contributed by atoms with Gasteiger partial charge in [-0.1, -0.05) is 6.92 Å². The van der Waals surface area contributed by atoms with E-state index in [0.717, 1.165) is 30.0 Å². The van der Waals surface area contributed by atoms with Crippen LogP contribution in [-0.2, 0) is 6.42 Å². The lowest BCUT2D eigenvalue weighted by atomic mass is 10.3. The predicted molar refractivity (Wildman–Crippen MR) is 67.0 cm³/mol. The van der Waals surface area contributed by atoms with Crippen LogP contribution < -0.4 is 5.73 Å². The van der Waals surface area contributed by atoms with E-state index in [-0.39, 0.29) is 0 Å². The summed E-state index contributed by atoms with van der Waals surface area (Å²) < 4.78 is 1.99. The zero-order chi connectivity index (χ0) is 12.4. The molecule has 17 heavy (non-hydrogen) atoms. The number of nitrogen functional groups attached to an aromatic ring is 1. The molecule has 0 aliphatic rings. The van der Waals surface area contributed by atoms with E-state index >= 15 is 0 Å². The summed E-state index contributed by atoms with van der Waals surface area (Å²) in [6, 6.07) is 0. The Morgan fingerprint density at radius 1 is 1.29 bits per heavy atom. The number of aryl methyl sites for hydroxylation is 2. The molecule has 0 saturated heterocycles. The molecule has 0 radical (unpaired) electrons. The zero-order valence-corrected chi connectivity index (χ0v) is 10.4. The molecular weight excluding hydrogens is 214 g/mol. The van der Waals surface area contributed by atoms with Crippen LogP contribution in [0.4, 0.5) is 5.82 Å². The van der Waals surface area contributed by atoms with Gasteiger partial charge in [-0.3, -0.25) is 4.57 Å². The summed E-state index contributed by atoms with van der Waals surface area (Å²) in [6.45, 7) is 5.90. The molecule has 0 aromatic carbocycles. The van der Waals surface area contributed by atoms with Gasteiger partial charge in [-0.05, 0) is 20.3 Å². The number of nitrogens with zero attached hydrogens (tertiary/aromatic N) is 4. The number of hydrogen-bond acceptors (Lipinski definition) is 4. The molecule has 2 heterocycles. The number of aromatic nitrogens is 4. The maximum atomic E-state index is 5.87. The highest BCUT2D eigenvalue weighted by Gasteiger charge is 2.11. The number of hydrogen-bond donors (Lipinski definition) is 1. The smallest absolute Gasteiger partial charge is 0.146 e. The van der Waals surface area contributed by atoms with Gasteiger partial charge in [0.05, 0.1) is 0 Å². The topological polar surface area (TPSA) is 69.6 Å². The molecule has 0 aliphatic heterocycles. The van der Waals surface area contributed by atoms with Crippen molar-refractivity contribution in [1.29, 1.82) is 0 Å². The van der Waals surface area contributed by atoms with Gasteiger partial charge in [-0.15, -0.1) is 0 Å². The normalized spacial score (nSPS) is 10.8. The van der Waals surface area contributed by atoms with Gasteiger partial charge >= 0.3 is 0 Å². The first kappa shape index (κ1) is 11.6. The molecule has 2 rings (SSSR count). The quantitative estimate of drug-likeness (QED) is 0.874. The third kappa shape index (κ3) is 2.13. The average Bonchev–Trinajstić information content (AvgIpc) is 2.72. The van der Waals surface area contributed by atoms with Crippen molar-refractivity contribution in [3.63, 3.8) is 0 Å². The molecular formula is C12H17N5. The van der Waals surface area contributed by atoms with E-state index in [1.165, 1.54) is 0 Å². The molecule has 5 heteroatoms. The van der Waals surface area contributed by atoms with E-state index in [2.05, 4.69) is 21.9 Å². The predicted octanol–water partition coefficient (Wildman–Crippen LogP) is 1.81. The van der Waals surface area contributed by atoms with E-state index in [1.54, 1.807) is 6.20 Å². The molecule has 0 spiro atoms. The van der Waals surface area contributed by atoms with Crippen LogP contribution in [0, 0.1) is 13.8 Å². The number of anilines is 1. The third-order valence-corrected chi connectivity index (χ3v) is 2.69. The molecule has 0 unspecified atom stereocenters. The molecule has 90 valence electrons. The van der Waals surface area contributed by atoms with Crippen molar-refractivity contribution in [1.82, 2.24) is 19.5 Å². The summed E-state index contributed by atoms with van der Waals surface area (Å²) in [7, 11) is 0. The fraction of sp³-hybridized carbons (Fsp3) is 0.417. The molecule has 0 aliphatic carbocycles. The van der Waals surface area contributed by atoms with Crippen LogP contribution in [-0.4, -0.2) is 19.5 Å². The largest absolute Gasteiger partial charge is 0.383 e. The first-order valence-corrected chi connectivity index (χ1v) is 5.76. The highest BCUT2D eigenvalue weighted by molar-refractivity contribution is 5.48. The van der Waals surface area contributed by atoms with Gasteiger partial charge < -0.3 is 5.73 Å². The number of nitrogens with two attached hydrogens (primary N) is 1. The summed E-state index contributed by atoms with van der Waals surface area (Å²) in [5.74, 6) is 3.05. The molecule has 5 nitrogen and oxygen atoms in total. The third-order valence-electron chi connectivity index (χ3n) is 2.69. The minimum atomic E-state index is 0.531. The number of rotatable bonds is 3. The molecule has 0 saturated carbocycles. The van der Waals surface area contributed by atoms with Gasteiger partial charge in [0.25, 0.3) is 0 Å². The van der Waals surface area contributed by atoms with Crippen molar-refractivity contribution in [3.05, 3.63) is 29.6 Å². The first-order valence-electron chi connectivity index (χ1n) is 5.76. The molecule has 0 amide bonds. The molecule has 0 fully saturated rings. The van der Waals surface area contributed by atoms with E-state index < -0.39 is 0 Å². The van der Waals surface area contributed by atoms with Crippen LogP contribution in [0.1, 0.15) is 30.6 Å². The summed E-state index contributed by atoms with van der Waals surface area (Å²) in [6.07, 6.45) is 5.68. The number of imidazole rings is 1. The monoisotopic (exact) mass is 231 g/mol. The highest BCUT2D eigenvalue weighted by atomic mass is 15.1. The van der Waals surface area contributed by atoms with Gasteiger partial charge in [-0.25, -0.2) is 15.0 Å². The van der Waals surface area contributed by atoms with E-state index in [0.29, 0.717) is 11.6 Å². The Morgan fingerprint density at radius 2 is 2.06 bits per heavy atom. The molecule has 0 atom stereocenters. The molecule has 2 aromatic rings. The zero-order valence-electron chi connectivity index (χ0n) is 10.4. The summed E-state index contributed by atoms with van der Waals surface area (Å²) in [5, 5.41) is 0. The van der Waals surface area contributed by atoms with Crippen molar-refractivity contribution in [2.45, 2.75) is 33.6 Å². The summed E-state index contributed by atoms with van der Waals surface area (Å²) in [4.78, 5) is 12.9. The Balaban J connectivity index is 2.56. The Hall–Kier alpha value is -1.91.